The molecule has 0 unspecified atom stereocenters. The van der Waals surface area contributed by atoms with Crippen molar-refractivity contribution in [2.75, 3.05) is 12.3 Å². The van der Waals surface area contributed by atoms with Gasteiger partial charge in [-0.1, -0.05) is 19.4 Å². The van der Waals surface area contributed by atoms with Crippen LogP contribution in [0.15, 0.2) is 18.2 Å². The summed E-state index contributed by atoms with van der Waals surface area (Å²) < 4.78 is 5.18. The van der Waals surface area contributed by atoms with Crippen molar-refractivity contribution in [3.8, 4) is 0 Å². The highest BCUT2D eigenvalue weighted by atomic mass is 16.6. The minimum atomic E-state index is -0.228. The molecule has 4 nitrogen and oxygen atoms in total. The van der Waals surface area contributed by atoms with Crippen molar-refractivity contribution in [1.82, 2.24) is 4.90 Å². The lowest BCUT2D eigenvalue weighted by Gasteiger charge is -2.14. The van der Waals surface area contributed by atoms with Gasteiger partial charge in [0.1, 0.15) is 0 Å². The Bertz CT molecular complexity index is 418. The number of hydrogen-bond acceptors (Lipinski definition) is 3. The lowest BCUT2D eigenvalue weighted by atomic mass is 10.1. The lowest BCUT2D eigenvalue weighted by Crippen LogP contribution is -2.26. The Morgan fingerprint density at radius 2 is 2.18 bits per heavy atom. The third-order valence-corrected chi connectivity index (χ3v) is 2.93. The van der Waals surface area contributed by atoms with E-state index in [2.05, 4.69) is 6.92 Å². The van der Waals surface area contributed by atoms with Gasteiger partial charge in [0.25, 0.3) is 0 Å². The summed E-state index contributed by atoms with van der Waals surface area (Å²) >= 11 is 0. The molecule has 0 radical (unpaired) electrons. The van der Waals surface area contributed by atoms with E-state index < -0.39 is 0 Å². The van der Waals surface area contributed by atoms with Gasteiger partial charge in [-0.15, -0.1) is 0 Å². The number of ether oxygens (including phenoxy) is 1. The summed E-state index contributed by atoms with van der Waals surface area (Å²) in [4.78, 5) is 13.5. The van der Waals surface area contributed by atoms with Gasteiger partial charge in [-0.3, -0.25) is 4.90 Å². The molecule has 0 saturated carbocycles. The van der Waals surface area contributed by atoms with Gasteiger partial charge in [0, 0.05) is 18.8 Å². The highest BCUT2D eigenvalue weighted by molar-refractivity contribution is 5.69. The van der Waals surface area contributed by atoms with Crippen molar-refractivity contribution < 1.29 is 9.53 Å². The molecule has 1 aliphatic rings. The van der Waals surface area contributed by atoms with E-state index >= 15 is 0 Å². The number of nitrogens with two attached hydrogens (primary N) is 1. The van der Waals surface area contributed by atoms with Crippen molar-refractivity contribution >= 4 is 11.8 Å². The van der Waals surface area contributed by atoms with Gasteiger partial charge in [0.05, 0.1) is 6.61 Å². The maximum absolute atomic E-state index is 11.7. The van der Waals surface area contributed by atoms with Crippen LogP contribution in [0.2, 0.25) is 0 Å². The number of unbranched alkanes of at least 4 members (excludes halogenated alkanes) is 1. The molecule has 0 aliphatic carbocycles. The van der Waals surface area contributed by atoms with Crippen LogP contribution < -0.4 is 5.73 Å². The van der Waals surface area contributed by atoms with E-state index in [9.17, 15) is 4.79 Å². The topological polar surface area (TPSA) is 55.6 Å². The largest absolute Gasteiger partial charge is 0.449 e. The summed E-state index contributed by atoms with van der Waals surface area (Å²) in [6.45, 7) is 3.80. The first-order chi connectivity index (χ1) is 8.20. The van der Waals surface area contributed by atoms with Gasteiger partial charge in [-0.2, -0.15) is 0 Å². The van der Waals surface area contributed by atoms with Crippen molar-refractivity contribution in [3.63, 3.8) is 0 Å². The fraction of sp³-hybridized carbons (Fsp3) is 0.462. The van der Waals surface area contributed by atoms with Crippen LogP contribution in [0.1, 0.15) is 30.9 Å². The second-order valence-corrected chi connectivity index (χ2v) is 4.35. The predicted molar refractivity (Wildman–Crippen MR) is 66.4 cm³/mol. The molecule has 1 aliphatic heterocycles. The summed E-state index contributed by atoms with van der Waals surface area (Å²) in [6.07, 6.45) is 1.72. The molecule has 0 atom stereocenters. The standard InChI is InChI=1S/C13H18N2O2/c1-2-3-6-17-13(16)15-8-10-4-5-12(14)7-11(10)9-15/h4-5,7H,2-3,6,8-9,14H2,1H3. The van der Waals surface area contributed by atoms with Crippen LogP contribution in [-0.4, -0.2) is 17.6 Å². The Hall–Kier alpha value is -1.71. The number of hydrogen-bond donors (Lipinski definition) is 1. The molecule has 2 N–H and O–H groups in total. The number of rotatable bonds is 3. The van der Waals surface area contributed by atoms with E-state index in [1.165, 1.54) is 0 Å². The Morgan fingerprint density at radius 3 is 2.94 bits per heavy atom. The summed E-state index contributed by atoms with van der Waals surface area (Å²) in [7, 11) is 0. The van der Waals surface area contributed by atoms with Crippen LogP contribution >= 0.6 is 0 Å². The lowest BCUT2D eigenvalue weighted by molar-refractivity contribution is 0.100. The number of amides is 1. The fourth-order valence-electron chi connectivity index (χ4n) is 1.94. The second-order valence-electron chi connectivity index (χ2n) is 4.35. The third-order valence-electron chi connectivity index (χ3n) is 2.93. The van der Waals surface area contributed by atoms with Crippen molar-refractivity contribution in [2.45, 2.75) is 32.9 Å². The number of nitrogens with zero attached hydrogens (tertiary/aromatic N) is 1. The number of benzene rings is 1. The van der Waals surface area contributed by atoms with Gasteiger partial charge in [0.2, 0.25) is 0 Å². The molecular weight excluding hydrogens is 216 g/mol. The monoisotopic (exact) mass is 234 g/mol. The Balaban J connectivity index is 1.93. The maximum Gasteiger partial charge on any atom is 0.410 e. The first kappa shape index (κ1) is 11.8. The summed E-state index contributed by atoms with van der Waals surface area (Å²) in [6, 6.07) is 5.77. The van der Waals surface area contributed by atoms with Crippen LogP contribution in [0.3, 0.4) is 0 Å². The first-order valence-corrected chi connectivity index (χ1v) is 5.99. The molecule has 17 heavy (non-hydrogen) atoms. The molecule has 4 heteroatoms. The minimum Gasteiger partial charge on any atom is -0.449 e. The molecule has 1 heterocycles. The third kappa shape index (κ3) is 2.70. The maximum atomic E-state index is 11.7. The van der Waals surface area contributed by atoms with Crippen LogP contribution in [0.25, 0.3) is 0 Å². The minimum absolute atomic E-state index is 0.228. The number of carbonyl (C=O) groups is 1. The zero-order chi connectivity index (χ0) is 12.3. The van der Waals surface area contributed by atoms with E-state index in [1.807, 2.05) is 18.2 Å². The summed E-state index contributed by atoms with van der Waals surface area (Å²) in [5, 5.41) is 0. The van der Waals surface area contributed by atoms with E-state index in [-0.39, 0.29) is 6.09 Å². The summed E-state index contributed by atoms with van der Waals surface area (Å²) in [5.74, 6) is 0. The molecule has 1 aromatic carbocycles. The van der Waals surface area contributed by atoms with E-state index in [4.69, 9.17) is 10.5 Å². The Morgan fingerprint density at radius 1 is 1.41 bits per heavy atom. The Labute approximate surface area is 101 Å². The number of fused-ring (bicyclic) bond motifs is 1. The van der Waals surface area contributed by atoms with Gasteiger partial charge < -0.3 is 10.5 Å². The quantitative estimate of drug-likeness (QED) is 0.646. The fourth-order valence-corrected chi connectivity index (χ4v) is 1.94. The zero-order valence-electron chi connectivity index (χ0n) is 10.1. The average molecular weight is 234 g/mol. The van der Waals surface area contributed by atoms with Crippen LogP contribution in [-0.2, 0) is 17.8 Å². The van der Waals surface area contributed by atoms with E-state index in [0.29, 0.717) is 19.7 Å². The molecule has 0 saturated heterocycles. The molecule has 0 aromatic heterocycles. The van der Waals surface area contributed by atoms with Gasteiger partial charge >= 0.3 is 6.09 Å². The Kier molecular flexibility index (Phi) is 3.52. The van der Waals surface area contributed by atoms with E-state index in [1.54, 1.807) is 4.90 Å². The zero-order valence-corrected chi connectivity index (χ0v) is 10.1. The molecule has 0 spiro atoms. The molecule has 0 fully saturated rings. The van der Waals surface area contributed by atoms with Gasteiger partial charge in [0.15, 0.2) is 0 Å². The number of nitrogen functional groups attached to an aromatic ring is 1. The average Bonchev–Trinajstić information content (AvgIpc) is 2.72. The predicted octanol–water partition coefficient (Wildman–Crippen LogP) is 2.52. The smallest absolute Gasteiger partial charge is 0.410 e. The molecule has 1 amide bonds. The van der Waals surface area contributed by atoms with Crippen LogP contribution in [0.5, 0.6) is 0 Å². The SMILES string of the molecule is CCCCOC(=O)N1Cc2ccc(N)cc2C1. The molecule has 2 rings (SSSR count). The highest BCUT2D eigenvalue weighted by Crippen LogP contribution is 2.25. The molecular formula is C13H18N2O2. The summed E-state index contributed by atoms with van der Waals surface area (Å²) in [5.41, 5.74) is 8.74. The molecule has 1 aromatic rings. The van der Waals surface area contributed by atoms with Crippen molar-refractivity contribution in [3.05, 3.63) is 29.3 Å². The van der Waals surface area contributed by atoms with Crippen molar-refractivity contribution in [2.24, 2.45) is 0 Å². The van der Waals surface area contributed by atoms with E-state index in [0.717, 1.165) is 29.7 Å². The molecule has 0 bridgehead atoms. The number of carbonyl (C=O) groups excluding carboxylic acids is 1. The first-order valence-electron chi connectivity index (χ1n) is 5.99. The van der Waals surface area contributed by atoms with Crippen LogP contribution in [0, 0.1) is 0 Å². The second kappa shape index (κ2) is 5.08. The van der Waals surface area contributed by atoms with Gasteiger partial charge in [-0.25, -0.2) is 4.79 Å². The highest BCUT2D eigenvalue weighted by Gasteiger charge is 2.24. The van der Waals surface area contributed by atoms with Crippen molar-refractivity contribution in [1.29, 1.82) is 0 Å². The number of anilines is 1. The van der Waals surface area contributed by atoms with Gasteiger partial charge in [-0.05, 0) is 29.7 Å². The molecule has 92 valence electrons. The van der Waals surface area contributed by atoms with Crippen LogP contribution in [0.4, 0.5) is 10.5 Å². The normalized spacial score (nSPS) is 13.6.